The van der Waals surface area contributed by atoms with E-state index < -0.39 is 41.9 Å². The zero-order valence-corrected chi connectivity index (χ0v) is 17.5. The van der Waals surface area contributed by atoms with Crippen molar-refractivity contribution in [1.29, 1.82) is 0 Å². The molecule has 6 nitrogen and oxygen atoms in total. The van der Waals surface area contributed by atoms with Crippen molar-refractivity contribution in [2.75, 3.05) is 6.61 Å². The summed E-state index contributed by atoms with van der Waals surface area (Å²) in [5.74, 6) is -1.55. The van der Waals surface area contributed by atoms with E-state index in [0.717, 1.165) is 12.1 Å². The van der Waals surface area contributed by atoms with E-state index in [2.05, 4.69) is 0 Å². The minimum atomic E-state index is -4.49. The van der Waals surface area contributed by atoms with Crippen LogP contribution in [0, 0.1) is 11.8 Å². The van der Waals surface area contributed by atoms with Crippen LogP contribution in [-0.2, 0) is 11.0 Å². The molecular weight excluding hydrogens is 429 g/mol. The summed E-state index contributed by atoms with van der Waals surface area (Å²) in [5.41, 5.74) is -0.845. The summed E-state index contributed by atoms with van der Waals surface area (Å²) in [4.78, 5) is 10.5. The van der Waals surface area contributed by atoms with E-state index in [1.165, 1.54) is 18.2 Å². The molecule has 0 spiro atoms. The number of aliphatic hydroxyl groups is 3. The molecule has 1 aliphatic carbocycles. The lowest BCUT2D eigenvalue weighted by molar-refractivity contribution is -0.138. The highest BCUT2D eigenvalue weighted by Crippen LogP contribution is 2.36. The zero-order valence-electron chi connectivity index (χ0n) is 17.5. The molecule has 0 amide bonds. The average molecular weight is 458 g/mol. The van der Waals surface area contributed by atoms with Gasteiger partial charge in [0.2, 0.25) is 0 Å². The second-order valence-electron chi connectivity index (χ2n) is 7.89. The van der Waals surface area contributed by atoms with Crippen molar-refractivity contribution in [1.82, 2.24) is 0 Å². The molecule has 9 heteroatoms. The van der Waals surface area contributed by atoms with Gasteiger partial charge in [-0.1, -0.05) is 30.4 Å². The number of carboxylic acids is 1. The number of hydrogen-bond donors (Lipinski definition) is 4. The van der Waals surface area contributed by atoms with Crippen LogP contribution in [0.25, 0.3) is 0 Å². The molecule has 0 heterocycles. The average Bonchev–Trinajstić information content (AvgIpc) is 2.99. The Morgan fingerprint density at radius 1 is 1.22 bits per heavy atom. The first-order valence-corrected chi connectivity index (χ1v) is 10.5. The van der Waals surface area contributed by atoms with Gasteiger partial charge in [0.05, 0.1) is 17.8 Å². The molecule has 1 aromatic rings. The number of carbonyl (C=O) groups is 1. The van der Waals surface area contributed by atoms with Gasteiger partial charge in [-0.2, -0.15) is 13.2 Å². The van der Waals surface area contributed by atoms with Crippen molar-refractivity contribution < 1.29 is 43.1 Å². The Labute approximate surface area is 184 Å². The van der Waals surface area contributed by atoms with E-state index in [0.29, 0.717) is 19.3 Å². The molecule has 32 heavy (non-hydrogen) atoms. The fourth-order valence-corrected chi connectivity index (χ4v) is 3.70. The summed E-state index contributed by atoms with van der Waals surface area (Å²) in [7, 11) is 0. The molecule has 0 bridgehead atoms. The molecule has 0 unspecified atom stereocenters. The van der Waals surface area contributed by atoms with Gasteiger partial charge in [-0.15, -0.1) is 0 Å². The molecule has 2 rings (SSSR count). The van der Waals surface area contributed by atoms with Gasteiger partial charge in [0.1, 0.15) is 18.5 Å². The van der Waals surface area contributed by atoms with Gasteiger partial charge >= 0.3 is 12.1 Å². The van der Waals surface area contributed by atoms with Gasteiger partial charge in [0.15, 0.2) is 0 Å². The number of benzene rings is 1. The topological polar surface area (TPSA) is 107 Å². The Morgan fingerprint density at radius 2 is 1.97 bits per heavy atom. The highest BCUT2D eigenvalue weighted by Gasteiger charge is 2.39. The number of alkyl halides is 3. The predicted octanol–water partition coefficient (Wildman–Crippen LogP) is 3.56. The molecule has 0 saturated heterocycles. The van der Waals surface area contributed by atoms with Crippen LogP contribution < -0.4 is 4.74 Å². The third-order valence-corrected chi connectivity index (χ3v) is 5.39. The van der Waals surface area contributed by atoms with Crippen molar-refractivity contribution in [2.45, 2.75) is 56.6 Å². The fraction of sp³-hybridized carbons (Fsp3) is 0.522. The fourth-order valence-electron chi connectivity index (χ4n) is 3.70. The van der Waals surface area contributed by atoms with Crippen LogP contribution >= 0.6 is 0 Å². The monoisotopic (exact) mass is 458 g/mol. The Kier molecular flexibility index (Phi) is 9.74. The van der Waals surface area contributed by atoms with Crippen molar-refractivity contribution >= 4 is 5.97 Å². The molecule has 178 valence electrons. The van der Waals surface area contributed by atoms with E-state index in [4.69, 9.17) is 9.84 Å². The third kappa shape index (κ3) is 8.29. The van der Waals surface area contributed by atoms with Crippen LogP contribution in [-0.4, -0.2) is 51.3 Å². The normalized spacial score (nSPS) is 24.9. The molecule has 1 fully saturated rings. The Bertz CT molecular complexity index is 792. The minimum absolute atomic E-state index is 0.0190. The summed E-state index contributed by atoms with van der Waals surface area (Å²) in [6.07, 6.45) is 1.48. The molecule has 1 aromatic carbocycles. The first-order valence-electron chi connectivity index (χ1n) is 10.5. The van der Waals surface area contributed by atoms with Crippen molar-refractivity contribution in [3.05, 3.63) is 54.1 Å². The zero-order chi connectivity index (χ0) is 23.7. The predicted molar refractivity (Wildman–Crippen MR) is 111 cm³/mol. The highest BCUT2D eigenvalue weighted by atomic mass is 19.4. The summed E-state index contributed by atoms with van der Waals surface area (Å²) in [6, 6.07) is 4.36. The van der Waals surface area contributed by atoms with Crippen molar-refractivity contribution in [2.24, 2.45) is 11.8 Å². The van der Waals surface area contributed by atoms with Gasteiger partial charge in [0.25, 0.3) is 0 Å². The Balaban J connectivity index is 1.87. The summed E-state index contributed by atoms with van der Waals surface area (Å²) < 4.78 is 43.5. The number of halogens is 3. The van der Waals surface area contributed by atoms with Gasteiger partial charge < -0.3 is 25.2 Å². The molecule has 1 aliphatic rings. The number of ether oxygens (including phenoxy) is 1. The van der Waals surface area contributed by atoms with Crippen molar-refractivity contribution in [3.63, 3.8) is 0 Å². The molecule has 0 radical (unpaired) electrons. The standard InChI is InChI=1S/C23H29F3O6/c24-23(25,26)15-6-5-7-17(12-15)32-14-16(27)10-11-19-18(20(28)13-21(19)29)8-3-1-2-4-9-22(30)31/h1,3,5-7,10-12,16,18-21,27-29H,2,4,8-9,13-14H2,(H,30,31)/b3-1-,11-10+/t16-,18+,19+,20+,21-/m0/s1. The number of rotatable bonds is 11. The summed E-state index contributed by atoms with van der Waals surface area (Å²) >= 11 is 0. The first-order chi connectivity index (χ1) is 15.1. The maximum atomic E-state index is 12.8. The largest absolute Gasteiger partial charge is 0.491 e. The van der Waals surface area contributed by atoms with Gasteiger partial charge in [-0.25, -0.2) is 0 Å². The molecule has 5 atom stereocenters. The van der Waals surface area contributed by atoms with Gasteiger partial charge in [0, 0.05) is 18.8 Å². The lowest BCUT2D eigenvalue weighted by Crippen LogP contribution is -2.21. The highest BCUT2D eigenvalue weighted by molar-refractivity contribution is 5.66. The van der Waals surface area contributed by atoms with Crippen LogP contribution in [0.15, 0.2) is 48.6 Å². The summed E-state index contributed by atoms with van der Waals surface area (Å²) in [6.45, 7) is -0.267. The number of hydrogen-bond acceptors (Lipinski definition) is 5. The number of carboxylic acid groups (broad SMARTS) is 1. The number of aliphatic carboxylic acids is 1. The first kappa shape index (κ1) is 25.9. The van der Waals surface area contributed by atoms with E-state index in [-0.39, 0.29) is 31.1 Å². The second-order valence-corrected chi connectivity index (χ2v) is 7.89. The van der Waals surface area contributed by atoms with Gasteiger partial charge in [-0.05, 0) is 43.4 Å². The second kappa shape index (κ2) is 12.0. The van der Waals surface area contributed by atoms with Crippen LogP contribution in [0.5, 0.6) is 5.75 Å². The summed E-state index contributed by atoms with van der Waals surface area (Å²) in [5, 5.41) is 39.2. The minimum Gasteiger partial charge on any atom is -0.491 e. The van der Waals surface area contributed by atoms with Gasteiger partial charge in [-0.3, -0.25) is 4.79 Å². The van der Waals surface area contributed by atoms with E-state index in [1.54, 1.807) is 6.08 Å². The number of aliphatic hydroxyl groups excluding tert-OH is 3. The van der Waals surface area contributed by atoms with Crippen LogP contribution in [0.3, 0.4) is 0 Å². The maximum absolute atomic E-state index is 12.8. The molecular formula is C23H29F3O6. The number of allylic oxidation sites excluding steroid dienone is 2. The number of unbranched alkanes of at least 4 members (excludes halogenated alkanes) is 1. The SMILES string of the molecule is O=C(O)CCC/C=C\C[C@@H]1[C@@H](/C=C/[C@H](O)COc2cccc(C(F)(F)F)c2)[C@@H](O)C[C@H]1O. The maximum Gasteiger partial charge on any atom is 0.416 e. The lowest BCUT2D eigenvalue weighted by atomic mass is 9.89. The Hall–Kier alpha value is -2.36. The van der Waals surface area contributed by atoms with Crippen LogP contribution in [0.1, 0.15) is 37.7 Å². The quantitative estimate of drug-likeness (QED) is 0.298. The molecule has 0 aromatic heterocycles. The van der Waals surface area contributed by atoms with E-state index >= 15 is 0 Å². The van der Waals surface area contributed by atoms with Crippen LogP contribution in [0.2, 0.25) is 0 Å². The molecule has 4 N–H and O–H groups in total. The third-order valence-electron chi connectivity index (χ3n) is 5.39. The molecule has 0 aliphatic heterocycles. The van der Waals surface area contributed by atoms with E-state index in [1.807, 2.05) is 12.2 Å². The van der Waals surface area contributed by atoms with E-state index in [9.17, 15) is 33.3 Å². The lowest BCUT2D eigenvalue weighted by Gasteiger charge is -2.19. The van der Waals surface area contributed by atoms with Crippen LogP contribution in [0.4, 0.5) is 13.2 Å². The van der Waals surface area contributed by atoms with Crippen molar-refractivity contribution in [3.8, 4) is 5.75 Å². The molecule has 1 saturated carbocycles. The smallest absolute Gasteiger partial charge is 0.416 e. The Morgan fingerprint density at radius 3 is 2.66 bits per heavy atom.